The number of benzene rings is 3. The molecule has 0 spiro atoms. The number of halogens is 1. The average Bonchev–Trinajstić information content (AvgIpc) is 2.74. The van der Waals surface area contributed by atoms with Crippen LogP contribution in [0.25, 0.3) is 6.08 Å². The normalized spacial score (nSPS) is 10.8. The molecule has 0 aliphatic rings. The van der Waals surface area contributed by atoms with Crippen LogP contribution in [0.1, 0.15) is 21.5 Å². The first-order chi connectivity index (χ1) is 13.6. The van der Waals surface area contributed by atoms with Crippen molar-refractivity contribution in [2.75, 3.05) is 5.32 Å². The lowest BCUT2D eigenvalue weighted by Gasteiger charge is -2.11. The molecule has 28 heavy (non-hydrogen) atoms. The first kappa shape index (κ1) is 19.1. The van der Waals surface area contributed by atoms with E-state index in [-0.39, 0.29) is 22.6 Å². The van der Waals surface area contributed by atoms with Gasteiger partial charge in [-0.2, -0.15) is 5.26 Å². The maximum Gasteiger partial charge on any atom is 0.266 e. The minimum atomic E-state index is -0.601. The number of nitrogens with zero attached hydrogens (tertiary/aromatic N) is 1. The van der Waals surface area contributed by atoms with Gasteiger partial charge in [0.1, 0.15) is 11.6 Å². The van der Waals surface area contributed by atoms with Gasteiger partial charge in [0.15, 0.2) is 5.78 Å². The first-order valence-electron chi connectivity index (χ1n) is 8.46. The van der Waals surface area contributed by atoms with Crippen LogP contribution in [0.4, 0.5) is 5.69 Å². The van der Waals surface area contributed by atoms with E-state index in [0.29, 0.717) is 10.6 Å². The number of hydrogen-bond donors (Lipinski definition) is 1. The van der Waals surface area contributed by atoms with Crippen LogP contribution in [-0.4, -0.2) is 11.7 Å². The fourth-order valence-electron chi connectivity index (χ4n) is 2.61. The van der Waals surface area contributed by atoms with Crippen molar-refractivity contribution in [3.8, 4) is 6.07 Å². The summed E-state index contributed by atoms with van der Waals surface area (Å²) in [5.41, 5.74) is 1.67. The first-order valence-corrected chi connectivity index (χ1v) is 8.84. The summed E-state index contributed by atoms with van der Waals surface area (Å²) in [5, 5.41) is 12.4. The molecular formula is C23H15ClN2O2. The number of ketones is 1. The SMILES string of the molecule is N#CC(=Cc1ccccc1)C(=O)Nc1ccc(Cl)cc1C(=O)c1ccccc1. The number of hydrogen-bond acceptors (Lipinski definition) is 3. The van der Waals surface area contributed by atoms with Crippen molar-refractivity contribution < 1.29 is 9.59 Å². The van der Waals surface area contributed by atoms with Gasteiger partial charge in [-0.15, -0.1) is 0 Å². The van der Waals surface area contributed by atoms with Crippen molar-refractivity contribution in [3.05, 3.63) is 106 Å². The van der Waals surface area contributed by atoms with Crippen molar-refractivity contribution >= 4 is 35.1 Å². The van der Waals surface area contributed by atoms with Gasteiger partial charge in [0.2, 0.25) is 0 Å². The fraction of sp³-hybridized carbons (Fsp3) is 0. The van der Waals surface area contributed by atoms with Crippen LogP contribution in [0, 0.1) is 11.3 Å². The zero-order valence-corrected chi connectivity index (χ0v) is 15.5. The number of anilines is 1. The van der Waals surface area contributed by atoms with Crippen molar-refractivity contribution in [1.29, 1.82) is 5.26 Å². The summed E-state index contributed by atoms with van der Waals surface area (Å²) in [7, 11) is 0. The highest BCUT2D eigenvalue weighted by Crippen LogP contribution is 2.24. The summed E-state index contributed by atoms with van der Waals surface area (Å²) in [6.45, 7) is 0. The van der Waals surface area contributed by atoms with E-state index in [1.165, 1.54) is 12.1 Å². The molecule has 3 rings (SSSR count). The van der Waals surface area contributed by atoms with E-state index in [0.717, 1.165) is 5.56 Å². The van der Waals surface area contributed by atoms with Crippen LogP contribution < -0.4 is 5.32 Å². The smallest absolute Gasteiger partial charge is 0.266 e. The van der Waals surface area contributed by atoms with Crippen LogP contribution in [0.15, 0.2) is 84.4 Å². The summed E-state index contributed by atoms with van der Waals surface area (Å²) in [4.78, 5) is 25.4. The molecule has 0 saturated heterocycles. The maximum atomic E-state index is 12.8. The van der Waals surface area contributed by atoms with Crippen LogP contribution in [0.3, 0.4) is 0 Å². The Hall–Kier alpha value is -3.68. The van der Waals surface area contributed by atoms with Gasteiger partial charge in [0.25, 0.3) is 5.91 Å². The van der Waals surface area contributed by atoms with Crippen molar-refractivity contribution in [2.24, 2.45) is 0 Å². The van der Waals surface area contributed by atoms with Crippen molar-refractivity contribution in [3.63, 3.8) is 0 Å². The monoisotopic (exact) mass is 386 g/mol. The van der Waals surface area contributed by atoms with Gasteiger partial charge >= 0.3 is 0 Å². The molecule has 3 aromatic rings. The molecule has 0 heterocycles. The number of nitriles is 1. The lowest BCUT2D eigenvalue weighted by atomic mass is 10.0. The highest BCUT2D eigenvalue weighted by atomic mass is 35.5. The van der Waals surface area contributed by atoms with Gasteiger partial charge in [-0.25, -0.2) is 0 Å². The fourth-order valence-corrected chi connectivity index (χ4v) is 2.78. The molecule has 5 heteroatoms. The molecule has 1 amide bonds. The van der Waals surface area contributed by atoms with Gasteiger partial charge in [-0.1, -0.05) is 72.3 Å². The van der Waals surface area contributed by atoms with Crippen LogP contribution in [-0.2, 0) is 4.79 Å². The Bertz CT molecular complexity index is 1080. The second-order valence-electron chi connectivity index (χ2n) is 5.92. The third-order valence-corrected chi connectivity index (χ3v) is 4.22. The molecule has 0 aromatic heterocycles. The Morgan fingerprint density at radius 1 is 0.929 bits per heavy atom. The van der Waals surface area contributed by atoms with Gasteiger partial charge in [0, 0.05) is 16.1 Å². The van der Waals surface area contributed by atoms with E-state index in [2.05, 4.69) is 5.32 Å². The molecule has 0 bridgehead atoms. The summed E-state index contributed by atoms with van der Waals surface area (Å²) in [6.07, 6.45) is 1.49. The van der Waals surface area contributed by atoms with E-state index in [9.17, 15) is 14.9 Å². The van der Waals surface area contributed by atoms with Crippen LogP contribution in [0.5, 0.6) is 0 Å². The Balaban J connectivity index is 1.92. The topological polar surface area (TPSA) is 70.0 Å². The van der Waals surface area contributed by atoms with E-state index < -0.39 is 5.91 Å². The zero-order chi connectivity index (χ0) is 19.9. The Kier molecular flexibility index (Phi) is 6.01. The largest absolute Gasteiger partial charge is 0.321 e. The maximum absolute atomic E-state index is 12.8. The third kappa shape index (κ3) is 4.53. The lowest BCUT2D eigenvalue weighted by Crippen LogP contribution is -2.16. The summed E-state index contributed by atoms with van der Waals surface area (Å²) in [6, 6.07) is 24.3. The molecule has 0 unspecified atom stereocenters. The summed E-state index contributed by atoms with van der Waals surface area (Å²) >= 11 is 6.05. The number of nitrogens with one attached hydrogen (secondary N) is 1. The van der Waals surface area contributed by atoms with Crippen LogP contribution in [0.2, 0.25) is 5.02 Å². The van der Waals surface area contributed by atoms with E-state index >= 15 is 0 Å². The molecule has 0 fully saturated rings. The predicted octanol–water partition coefficient (Wildman–Crippen LogP) is 5.12. The number of carbonyl (C=O) groups excluding carboxylic acids is 2. The Morgan fingerprint density at radius 3 is 2.21 bits per heavy atom. The number of carbonyl (C=O) groups is 2. The van der Waals surface area contributed by atoms with Gasteiger partial charge in [-0.3, -0.25) is 9.59 Å². The molecule has 0 atom stereocenters. The molecule has 0 saturated carbocycles. The molecule has 4 nitrogen and oxygen atoms in total. The molecule has 136 valence electrons. The molecule has 1 N–H and O–H groups in total. The quantitative estimate of drug-likeness (QED) is 0.376. The second kappa shape index (κ2) is 8.81. The summed E-state index contributed by atoms with van der Waals surface area (Å²) in [5.74, 6) is -0.875. The molecule has 0 aliphatic carbocycles. The van der Waals surface area contributed by atoms with Gasteiger partial charge in [0.05, 0.1) is 5.69 Å². The standard InChI is InChI=1S/C23H15ClN2O2/c24-19-11-12-21(20(14-19)22(27)17-9-5-2-6-10-17)26-23(28)18(15-25)13-16-7-3-1-4-8-16/h1-14H,(H,26,28). The minimum absolute atomic E-state index is 0.0701. The minimum Gasteiger partial charge on any atom is -0.321 e. The second-order valence-corrected chi connectivity index (χ2v) is 6.36. The third-order valence-electron chi connectivity index (χ3n) is 3.99. The molecule has 0 aliphatic heterocycles. The van der Waals surface area contributed by atoms with Gasteiger partial charge in [-0.05, 0) is 29.8 Å². The van der Waals surface area contributed by atoms with Crippen molar-refractivity contribution in [2.45, 2.75) is 0 Å². The predicted molar refractivity (Wildman–Crippen MR) is 110 cm³/mol. The van der Waals surface area contributed by atoms with E-state index in [1.54, 1.807) is 48.5 Å². The zero-order valence-electron chi connectivity index (χ0n) is 14.7. The Labute approximate surface area is 167 Å². The lowest BCUT2D eigenvalue weighted by molar-refractivity contribution is -0.112. The number of rotatable bonds is 5. The number of amides is 1. The molecule has 0 radical (unpaired) electrons. The Morgan fingerprint density at radius 2 is 1.57 bits per heavy atom. The average molecular weight is 387 g/mol. The molecule has 3 aromatic carbocycles. The summed E-state index contributed by atoms with van der Waals surface area (Å²) < 4.78 is 0. The van der Waals surface area contributed by atoms with Crippen molar-refractivity contribution in [1.82, 2.24) is 0 Å². The highest BCUT2D eigenvalue weighted by molar-refractivity contribution is 6.31. The van der Waals surface area contributed by atoms with Gasteiger partial charge < -0.3 is 5.32 Å². The molecular weight excluding hydrogens is 372 g/mol. The highest BCUT2D eigenvalue weighted by Gasteiger charge is 2.17. The van der Waals surface area contributed by atoms with Crippen LogP contribution >= 0.6 is 11.6 Å². The van der Waals surface area contributed by atoms with E-state index in [4.69, 9.17) is 11.6 Å². The van der Waals surface area contributed by atoms with E-state index in [1.807, 2.05) is 30.3 Å².